The number of benzene rings is 1. The molecule has 1 aromatic heterocycles. The smallest absolute Gasteiger partial charge is 0.348 e. The molecule has 7 heteroatoms. The number of amides is 1. The Hall–Kier alpha value is -2.85. The molecule has 0 fully saturated rings. The van der Waals surface area contributed by atoms with Gasteiger partial charge in [-0.05, 0) is 25.1 Å². The minimum Gasteiger partial charge on any atom is -0.462 e. The molecule has 1 aromatic carbocycles. The SMILES string of the molecule is CCOC(=O)c1cc2c(C#CCOC(C)=O)c(NC(C)=O)ccc2s1. The zero-order chi connectivity index (χ0) is 18.4. The van der Waals surface area contributed by atoms with E-state index >= 15 is 0 Å². The van der Waals surface area contributed by atoms with Crippen LogP contribution in [0.4, 0.5) is 5.69 Å². The van der Waals surface area contributed by atoms with Crippen LogP contribution in [-0.2, 0) is 19.1 Å². The van der Waals surface area contributed by atoms with Crippen molar-refractivity contribution in [3.05, 3.63) is 28.6 Å². The van der Waals surface area contributed by atoms with Crippen LogP contribution in [0.3, 0.4) is 0 Å². The molecule has 0 unspecified atom stereocenters. The number of thiophene rings is 1. The third-order valence-electron chi connectivity index (χ3n) is 3.05. The molecular weight excluding hydrogens is 342 g/mol. The number of rotatable bonds is 4. The molecule has 130 valence electrons. The summed E-state index contributed by atoms with van der Waals surface area (Å²) in [5.41, 5.74) is 1.09. The van der Waals surface area contributed by atoms with Crippen LogP contribution in [0.5, 0.6) is 0 Å². The molecule has 6 nitrogen and oxygen atoms in total. The summed E-state index contributed by atoms with van der Waals surface area (Å²) in [4.78, 5) is 34.6. The Morgan fingerprint density at radius 3 is 2.60 bits per heavy atom. The number of esters is 2. The van der Waals surface area contributed by atoms with Gasteiger partial charge in [0.05, 0.1) is 17.9 Å². The van der Waals surface area contributed by atoms with Crippen LogP contribution in [0.2, 0.25) is 0 Å². The van der Waals surface area contributed by atoms with E-state index in [1.807, 2.05) is 6.07 Å². The number of ether oxygens (including phenoxy) is 2. The van der Waals surface area contributed by atoms with Gasteiger partial charge in [0.2, 0.25) is 5.91 Å². The van der Waals surface area contributed by atoms with Crippen LogP contribution in [-0.4, -0.2) is 31.1 Å². The molecule has 0 atom stereocenters. The highest BCUT2D eigenvalue weighted by molar-refractivity contribution is 7.20. The monoisotopic (exact) mass is 359 g/mol. The van der Waals surface area contributed by atoms with Gasteiger partial charge in [-0.15, -0.1) is 11.3 Å². The highest BCUT2D eigenvalue weighted by Gasteiger charge is 2.15. The van der Waals surface area contributed by atoms with E-state index in [4.69, 9.17) is 9.47 Å². The predicted octanol–water partition coefficient (Wildman–Crippen LogP) is 2.95. The number of anilines is 1. The minimum atomic E-state index is -0.422. The molecule has 0 radical (unpaired) electrons. The Morgan fingerprint density at radius 2 is 1.96 bits per heavy atom. The highest BCUT2D eigenvalue weighted by atomic mass is 32.1. The van der Waals surface area contributed by atoms with E-state index in [1.54, 1.807) is 19.1 Å². The van der Waals surface area contributed by atoms with Gasteiger partial charge in [0.1, 0.15) is 4.88 Å². The molecule has 0 bridgehead atoms. The summed E-state index contributed by atoms with van der Waals surface area (Å²) in [7, 11) is 0. The van der Waals surface area contributed by atoms with E-state index in [2.05, 4.69) is 17.2 Å². The number of nitrogens with one attached hydrogen (secondary N) is 1. The average Bonchev–Trinajstić information content (AvgIpc) is 2.97. The first-order valence-corrected chi connectivity index (χ1v) is 8.37. The first-order valence-electron chi connectivity index (χ1n) is 7.55. The Morgan fingerprint density at radius 1 is 1.20 bits per heavy atom. The zero-order valence-electron chi connectivity index (χ0n) is 14.1. The molecule has 0 saturated heterocycles. The van der Waals surface area contributed by atoms with Crippen molar-refractivity contribution >= 4 is 45.0 Å². The summed E-state index contributed by atoms with van der Waals surface area (Å²) >= 11 is 1.29. The maximum absolute atomic E-state index is 11.9. The molecule has 0 aliphatic rings. The van der Waals surface area contributed by atoms with Crippen molar-refractivity contribution in [1.29, 1.82) is 0 Å². The third kappa shape index (κ3) is 4.81. The van der Waals surface area contributed by atoms with Crippen molar-refractivity contribution < 1.29 is 23.9 Å². The van der Waals surface area contributed by atoms with Crippen LogP contribution >= 0.6 is 11.3 Å². The Bertz CT molecular complexity index is 888. The fourth-order valence-electron chi connectivity index (χ4n) is 2.11. The molecule has 0 spiro atoms. The van der Waals surface area contributed by atoms with Gasteiger partial charge in [0.25, 0.3) is 0 Å². The molecule has 2 aromatic rings. The van der Waals surface area contributed by atoms with Crippen molar-refractivity contribution in [2.75, 3.05) is 18.5 Å². The predicted molar refractivity (Wildman–Crippen MR) is 95.6 cm³/mol. The fourth-order valence-corrected chi connectivity index (χ4v) is 3.07. The van der Waals surface area contributed by atoms with Gasteiger partial charge in [0, 0.05) is 23.9 Å². The van der Waals surface area contributed by atoms with Crippen LogP contribution in [0.25, 0.3) is 10.1 Å². The lowest BCUT2D eigenvalue weighted by atomic mass is 10.1. The molecular formula is C18H17NO5S. The Labute approximate surface area is 149 Å². The summed E-state index contributed by atoms with van der Waals surface area (Å²) in [5, 5.41) is 3.45. The van der Waals surface area contributed by atoms with Crippen LogP contribution < -0.4 is 5.32 Å². The number of carbonyl (C=O) groups is 3. The Balaban J connectivity index is 2.49. The van der Waals surface area contributed by atoms with Crippen LogP contribution in [0, 0.1) is 11.8 Å². The van der Waals surface area contributed by atoms with Crippen molar-refractivity contribution in [1.82, 2.24) is 0 Å². The lowest BCUT2D eigenvalue weighted by Gasteiger charge is -2.06. The number of carbonyl (C=O) groups excluding carboxylic acids is 3. The first-order chi connectivity index (χ1) is 11.9. The quantitative estimate of drug-likeness (QED) is 0.670. The molecule has 1 amide bonds. The van der Waals surface area contributed by atoms with E-state index < -0.39 is 11.9 Å². The van der Waals surface area contributed by atoms with Gasteiger partial charge in [-0.1, -0.05) is 11.8 Å². The van der Waals surface area contributed by atoms with E-state index in [1.165, 1.54) is 25.2 Å². The van der Waals surface area contributed by atoms with Crippen LogP contribution in [0.1, 0.15) is 36.0 Å². The summed E-state index contributed by atoms with van der Waals surface area (Å²) < 4.78 is 10.7. The van der Waals surface area contributed by atoms with Gasteiger partial charge in [-0.25, -0.2) is 4.79 Å². The molecule has 0 aliphatic carbocycles. The average molecular weight is 359 g/mol. The number of hydrogen-bond donors (Lipinski definition) is 1. The molecule has 1 heterocycles. The Kier molecular flexibility index (Phi) is 6.14. The maximum atomic E-state index is 11.9. The molecule has 2 rings (SSSR count). The molecule has 1 N–H and O–H groups in total. The number of hydrogen-bond acceptors (Lipinski definition) is 6. The van der Waals surface area contributed by atoms with Crippen LogP contribution in [0.15, 0.2) is 18.2 Å². The summed E-state index contributed by atoms with van der Waals surface area (Å²) in [6, 6.07) is 5.23. The standard InChI is InChI=1S/C18H17NO5S/c1-4-23-18(22)17-10-14-13(6-5-9-24-12(3)21)15(19-11(2)20)7-8-16(14)25-17/h7-8,10H,4,9H2,1-3H3,(H,19,20). The number of fused-ring (bicyclic) bond motifs is 1. The fraction of sp³-hybridized carbons (Fsp3) is 0.278. The van der Waals surface area contributed by atoms with E-state index in [0.29, 0.717) is 22.7 Å². The highest BCUT2D eigenvalue weighted by Crippen LogP contribution is 2.32. The molecule has 25 heavy (non-hydrogen) atoms. The third-order valence-corrected chi connectivity index (χ3v) is 4.13. The second-order valence-electron chi connectivity index (χ2n) is 4.99. The van der Waals surface area contributed by atoms with E-state index in [9.17, 15) is 14.4 Å². The minimum absolute atomic E-state index is 0.0555. The van der Waals surface area contributed by atoms with Gasteiger partial charge < -0.3 is 14.8 Å². The second kappa shape index (κ2) is 8.31. The van der Waals surface area contributed by atoms with Crippen molar-refractivity contribution in [3.8, 4) is 11.8 Å². The second-order valence-corrected chi connectivity index (χ2v) is 6.08. The molecule has 0 aliphatic heterocycles. The van der Waals surface area contributed by atoms with Crippen molar-refractivity contribution in [2.24, 2.45) is 0 Å². The molecule has 0 saturated carbocycles. The zero-order valence-corrected chi connectivity index (χ0v) is 14.9. The lowest BCUT2D eigenvalue weighted by Crippen LogP contribution is -2.07. The summed E-state index contributed by atoms with van der Waals surface area (Å²) in [6.45, 7) is 4.68. The van der Waals surface area contributed by atoms with E-state index in [-0.39, 0.29) is 12.5 Å². The summed E-state index contributed by atoms with van der Waals surface area (Å²) in [5.74, 6) is 4.61. The van der Waals surface area contributed by atoms with Gasteiger partial charge in [-0.2, -0.15) is 0 Å². The maximum Gasteiger partial charge on any atom is 0.348 e. The summed E-state index contributed by atoms with van der Waals surface area (Å²) in [6.07, 6.45) is 0. The van der Waals surface area contributed by atoms with Crippen molar-refractivity contribution in [3.63, 3.8) is 0 Å². The van der Waals surface area contributed by atoms with Gasteiger partial charge in [0.15, 0.2) is 6.61 Å². The normalized spacial score (nSPS) is 9.88. The topological polar surface area (TPSA) is 81.7 Å². The van der Waals surface area contributed by atoms with Gasteiger partial charge in [-0.3, -0.25) is 9.59 Å². The van der Waals surface area contributed by atoms with Gasteiger partial charge >= 0.3 is 11.9 Å². The van der Waals surface area contributed by atoms with E-state index in [0.717, 1.165) is 10.1 Å². The van der Waals surface area contributed by atoms with Crippen molar-refractivity contribution in [2.45, 2.75) is 20.8 Å². The lowest BCUT2D eigenvalue weighted by molar-refractivity contribution is -0.139. The largest absolute Gasteiger partial charge is 0.462 e. The first kappa shape index (κ1) is 18.5.